The summed E-state index contributed by atoms with van der Waals surface area (Å²) in [6.07, 6.45) is 2.97. The van der Waals surface area contributed by atoms with E-state index in [0.29, 0.717) is 25.2 Å². The van der Waals surface area contributed by atoms with Gasteiger partial charge in [0.05, 0.1) is 0 Å². The number of hydrogen-bond donors (Lipinski definition) is 2. The molecule has 126 valence electrons. The van der Waals surface area contributed by atoms with Crippen LogP contribution in [-0.4, -0.2) is 23.3 Å². The van der Waals surface area contributed by atoms with Crippen LogP contribution in [0.3, 0.4) is 0 Å². The second-order valence-corrected chi connectivity index (χ2v) is 5.79. The third-order valence-corrected chi connectivity index (χ3v) is 3.73. The first kappa shape index (κ1) is 17.7. The number of carbonyl (C=O) groups excluding carboxylic acids is 2. The summed E-state index contributed by atoms with van der Waals surface area (Å²) in [4.78, 5) is 27.6. The fourth-order valence-electron chi connectivity index (χ4n) is 2.42. The van der Waals surface area contributed by atoms with Crippen molar-refractivity contribution in [2.45, 2.75) is 33.1 Å². The topological polar surface area (TPSA) is 71.1 Å². The largest absolute Gasteiger partial charge is 0.356 e. The van der Waals surface area contributed by atoms with E-state index in [-0.39, 0.29) is 18.2 Å². The Morgan fingerprint density at radius 1 is 1.04 bits per heavy atom. The lowest BCUT2D eigenvalue weighted by Gasteiger charge is -2.08. The number of nitrogens with one attached hydrogen (secondary N) is 2. The molecule has 0 aliphatic heterocycles. The van der Waals surface area contributed by atoms with Crippen LogP contribution in [0.4, 0.5) is 5.82 Å². The van der Waals surface area contributed by atoms with E-state index in [4.69, 9.17) is 0 Å². The van der Waals surface area contributed by atoms with Crippen LogP contribution in [0.25, 0.3) is 0 Å². The highest BCUT2D eigenvalue weighted by atomic mass is 16.2. The Labute approximate surface area is 142 Å². The molecular formula is C19H23N3O2. The van der Waals surface area contributed by atoms with Gasteiger partial charge in [0, 0.05) is 25.6 Å². The van der Waals surface area contributed by atoms with Crippen molar-refractivity contribution in [3.05, 3.63) is 59.3 Å². The third kappa shape index (κ3) is 5.83. The fraction of sp³-hybridized carbons (Fsp3) is 0.316. The van der Waals surface area contributed by atoms with E-state index in [9.17, 15) is 9.59 Å². The number of benzene rings is 1. The maximum absolute atomic E-state index is 11.9. The minimum Gasteiger partial charge on any atom is -0.356 e. The Hall–Kier alpha value is -2.69. The summed E-state index contributed by atoms with van der Waals surface area (Å²) >= 11 is 0. The molecule has 5 heteroatoms. The first-order valence-corrected chi connectivity index (χ1v) is 8.08. The summed E-state index contributed by atoms with van der Waals surface area (Å²) in [5.74, 6) is 0.313. The predicted molar refractivity (Wildman–Crippen MR) is 94.7 cm³/mol. The van der Waals surface area contributed by atoms with Gasteiger partial charge in [0.15, 0.2) is 0 Å². The third-order valence-electron chi connectivity index (χ3n) is 3.73. The van der Waals surface area contributed by atoms with Crippen molar-refractivity contribution in [3.63, 3.8) is 0 Å². The number of aryl methyl sites for hydroxylation is 3. The van der Waals surface area contributed by atoms with Gasteiger partial charge in [-0.1, -0.05) is 29.8 Å². The molecule has 0 unspecified atom stereocenters. The van der Waals surface area contributed by atoms with Crippen LogP contribution < -0.4 is 10.6 Å². The van der Waals surface area contributed by atoms with E-state index in [1.807, 2.05) is 0 Å². The zero-order valence-corrected chi connectivity index (χ0v) is 14.1. The van der Waals surface area contributed by atoms with Gasteiger partial charge in [-0.3, -0.25) is 9.59 Å². The SMILES string of the molecule is Cc1ccc(CCC(=O)NCCC(=O)Nc2ccccn2)c(C)c1. The van der Waals surface area contributed by atoms with Crippen LogP contribution in [-0.2, 0) is 16.0 Å². The second-order valence-electron chi connectivity index (χ2n) is 5.79. The molecule has 5 nitrogen and oxygen atoms in total. The van der Waals surface area contributed by atoms with Gasteiger partial charge in [-0.25, -0.2) is 4.98 Å². The molecule has 0 aliphatic carbocycles. The monoisotopic (exact) mass is 325 g/mol. The lowest BCUT2D eigenvalue weighted by atomic mass is 10.0. The maximum Gasteiger partial charge on any atom is 0.227 e. The number of anilines is 1. The number of rotatable bonds is 7. The lowest BCUT2D eigenvalue weighted by Crippen LogP contribution is -2.28. The van der Waals surface area contributed by atoms with E-state index in [1.54, 1.807) is 24.4 Å². The number of hydrogen-bond acceptors (Lipinski definition) is 3. The maximum atomic E-state index is 11.9. The highest BCUT2D eigenvalue weighted by Gasteiger charge is 2.06. The standard InChI is InChI=1S/C19H23N3O2/c1-14-6-7-16(15(2)13-14)8-9-18(23)21-12-10-19(24)22-17-5-3-4-11-20-17/h3-7,11,13H,8-10,12H2,1-2H3,(H,21,23)(H,20,22,24). The predicted octanol–water partition coefficient (Wildman–Crippen LogP) is 2.78. The molecule has 2 N–H and O–H groups in total. The Morgan fingerprint density at radius 3 is 2.58 bits per heavy atom. The van der Waals surface area contributed by atoms with Gasteiger partial charge >= 0.3 is 0 Å². The van der Waals surface area contributed by atoms with Crippen LogP contribution in [0.5, 0.6) is 0 Å². The van der Waals surface area contributed by atoms with Crippen molar-refractivity contribution in [1.82, 2.24) is 10.3 Å². The molecule has 0 aliphatic rings. The van der Waals surface area contributed by atoms with Gasteiger partial charge < -0.3 is 10.6 Å². The lowest BCUT2D eigenvalue weighted by molar-refractivity contribution is -0.121. The van der Waals surface area contributed by atoms with E-state index in [2.05, 4.69) is 47.7 Å². The van der Waals surface area contributed by atoms with Gasteiger partial charge in [-0.05, 0) is 43.5 Å². The quantitative estimate of drug-likeness (QED) is 0.822. The van der Waals surface area contributed by atoms with Gasteiger partial charge in [0.25, 0.3) is 0 Å². The molecule has 1 aromatic heterocycles. The van der Waals surface area contributed by atoms with Crippen molar-refractivity contribution in [1.29, 1.82) is 0 Å². The second kappa shape index (κ2) is 8.82. The number of nitrogens with zero attached hydrogens (tertiary/aromatic N) is 1. The van der Waals surface area contributed by atoms with Crippen LogP contribution >= 0.6 is 0 Å². The van der Waals surface area contributed by atoms with E-state index >= 15 is 0 Å². The van der Waals surface area contributed by atoms with E-state index in [1.165, 1.54) is 16.7 Å². The number of aromatic nitrogens is 1. The summed E-state index contributed by atoms with van der Waals surface area (Å²) in [5, 5.41) is 5.47. The number of pyridine rings is 1. The van der Waals surface area contributed by atoms with Crippen molar-refractivity contribution >= 4 is 17.6 Å². The molecule has 0 bridgehead atoms. The highest BCUT2D eigenvalue weighted by molar-refractivity contribution is 5.90. The molecule has 0 saturated carbocycles. The Morgan fingerprint density at radius 2 is 1.88 bits per heavy atom. The Balaban J connectivity index is 1.67. The van der Waals surface area contributed by atoms with Crippen molar-refractivity contribution < 1.29 is 9.59 Å². The summed E-state index contributed by atoms with van der Waals surface area (Å²) < 4.78 is 0. The summed E-state index contributed by atoms with van der Waals surface area (Å²) in [5.41, 5.74) is 3.61. The summed E-state index contributed by atoms with van der Waals surface area (Å²) in [7, 11) is 0. The molecule has 0 atom stereocenters. The van der Waals surface area contributed by atoms with Crippen LogP contribution in [0.15, 0.2) is 42.6 Å². The average molecular weight is 325 g/mol. The average Bonchev–Trinajstić information content (AvgIpc) is 2.55. The molecule has 1 heterocycles. The molecular weight excluding hydrogens is 302 g/mol. The molecule has 0 radical (unpaired) electrons. The van der Waals surface area contributed by atoms with Gasteiger partial charge in [-0.2, -0.15) is 0 Å². The summed E-state index contributed by atoms with van der Waals surface area (Å²) in [6, 6.07) is 11.6. The zero-order chi connectivity index (χ0) is 17.4. The smallest absolute Gasteiger partial charge is 0.227 e. The Bertz CT molecular complexity index is 699. The van der Waals surface area contributed by atoms with Crippen molar-refractivity contribution in [3.8, 4) is 0 Å². The molecule has 1 aromatic carbocycles. The number of amides is 2. The molecule has 24 heavy (non-hydrogen) atoms. The minimum atomic E-state index is -0.164. The minimum absolute atomic E-state index is 0.0411. The van der Waals surface area contributed by atoms with Crippen LogP contribution in [0.2, 0.25) is 0 Å². The number of carbonyl (C=O) groups is 2. The molecule has 2 rings (SSSR count). The van der Waals surface area contributed by atoms with Crippen LogP contribution in [0, 0.1) is 13.8 Å². The molecule has 0 fully saturated rings. The zero-order valence-electron chi connectivity index (χ0n) is 14.1. The highest BCUT2D eigenvalue weighted by Crippen LogP contribution is 2.12. The normalized spacial score (nSPS) is 10.2. The Kier molecular flexibility index (Phi) is 6.49. The van der Waals surface area contributed by atoms with Crippen molar-refractivity contribution in [2.24, 2.45) is 0 Å². The molecule has 2 aromatic rings. The van der Waals surface area contributed by atoms with Gasteiger partial charge in [-0.15, -0.1) is 0 Å². The summed E-state index contributed by atoms with van der Waals surface area (Å²) in [6.45, 7) is 4.44. The fourth-order valence-corrected chi connectivity index (χ4v) is 2.42. The molecule has 2 amide bonds. The first-order chi connectivity index (χ1) is 11.5. The van der Waals surface area contributed by atoms with Gasteiger partial charge in [0.1, 0.15) is 5.82 Å². The van der Waals surface area contributed by atoms with E-state index < -0.39 is 0 Å². The van der Waals surface area contributed by atoms with Crippen LogP contribution in [0.1, 0.15) is 29.5 Å². The first-order valence-electron chi connectivity index (χ1n) is 8.08. The van der Waals surface area contributed by atoms with Gasteiger partial charge in [0.2, 0.25) is 11.8 Å². The molecule has 0 saturated heterocycles. The molecule has 0 spiro atoms. The van der Waals surface area contributed by atoms with E-state index in [0.717, 1.165) is 0 Å². The van der Waals surface area contributed by atoms with Crippen molar-refractivity contribution in [2.75, 3.05) is 11.9 Å².